The highest BCUT2D eigenvalue weighted by Crippen LogP contribution is 2.12. The van der Waals surface area contributed by atoms with Crippen molar-refractivity contribution in [3.8, 4) is 0 Å². The van der Waals surface area contributed by atoms with E-state index in [1.54, 1.807) is 33.0 Å². The van der Waals surface area contributed by atoms with Crippen LogP contribution in [0.3, 0.4) is 0 Å². The summed E-state index contributed by atoms with van der Waals surface area (Å²) in [4.78, 5) is 26.9. The predicted octanol–water partition coefficient (Wildman–Crippen LogP) is 6.64. The Morgan fingerprint density at radius 3 is 2.13 bits per heavy atom. The number of ether oxygens (including phenoxy) is 1. The second-order valence-corrected chi connectivity index (χ2v) is 7.56. The Hall–Kier alpha value is -3.05. The summed E-state index contributed by atoms with van der Waals surface area (Å²) in [5.74, 6) is -0.269. The van der Waals surface area contributed by atoms with E-state index in [1.165, 1.54) is 25.2 Å². The summed E-state index contributed by atoms with van der Waals surface area (Å²) in [6.45, 7) is 22.3. The molecule has 0 aromatic heterocycles. The van der Waals surface area contributed by atoms with Crippen molar-refractivity contribution in [2.45, 2.75) is 68.2 Å². The van der Waals surface area contributed by atoms with Crippen molar-refractivity contribution < 1.29 is 18.7 Å². The first-order valence-electron chi connectivity index (χ1n) is 12.8. The molecule has 0 heterocycles. The van der Waals surface area contributed by atoms with Gasteiger partial charge < -0.3 is 15.8 Å². The molecular formula is C30H51FN3O3P. The Kier molecular flexibility index (Phi) is 33.4. The maximum atomic E-state index is 13.1. The van der Waals surface area contributed by atoms with Gasteiger partial charge in [0.1, 0.15) is 5.83 Å². The number of carbonyl (C=O) groups excluding carboxylic acids is 2. The zero-order valence-electron chi connectivity index (χ0n) is 25.0. The molecule has 3 N–H and O–H groups in total. The summed E-state index contributed by atoms with van der Waals surface area (Å²) < 4.78 is 18.0. The van der Waals surface area contributed by atoms with Gasteiger partial charge in [-0.1, -0.05) is 64.6 Å². The van der Waals surface area contributed by atoms with Gasteiger partial charge in [-0.15, -0.1) is 15.8 Å². The molecular weight excluding hydrogens is 500 g/mol. The van der Waals surface area contributed by atoms with Crippen LogP contribution in [0.25, 0.3) is 0 Å². The minimum atomic E-state index is -0.358. The van der Waals surface area contributed by atoms with E-state index in [0.717, 1.165) is 10.9 Å². The normalized spacial score (nSPS) is 10.1. The minimum absolute atomic E-state index is 0.223. The summed E-state index contributed by atoms with van der Waals surface area (Å²) >= 11 is 0. The molecule has 6 nitrogen and oxygen atoms in total. The molecule has 38 heavy (non-hydrogen) atoms. The molecule has 1 aromatic carbocycles. The van der Waals surface area contributed by atoms with Crippen LogP contribution in [0.4, 0.5) is 4.39 Å². The third kappa shape index (κ3) is 26.0. The number of esters is 1. The third-order valence-electron chi connectivity index (χ3n) is 3.92. The Morgan fingerprint density at radius 1 is 1.16 bits per heavy atom. The smallest absolute Gasteiger partial charge is 0.302 e. The number of amidine groups is 1. The van der Waals surface area contributed by atoms with Crippen LogP contribution < -0.4 is 16.4 Å². The first kappa shape index (κ1) is 42.1. The number of hydrogen-bond donors (Lipinski definition) is 2. The van der Waals surface area contributed by atoms with E-state index in [-0.39, 0.29) is 24.2 Å². The average molecular weight is 552 g/mol. The Morgan fingerprint density at radius 2 is 1.68 bits per heavy atom. The molecule has 0 saturated heterocycles. The fourth-order valence-electron chi connectivity index (χ4n) is 2.20. The van der Waals surface area contributed by atoms with E-state index in [1.807, 2.05) is 46.8 Å². The Balaban J connectivity index is -0.000000408. The summed E-state index contributed by atoms with van der Waals surface area (Å²) in [7, 11) is 4.28. The average Bonchev–Trinajstić information content (AvgIpc) is 2.91. The number of allylic oxidation sites excluding steroid dienone is 4. The van der Waals surface area contributed by atoms with Gasteiger partial charge in [-0.2, -0.15) is 0 Å². The second-order valence-electron chi connectivity index (χ2n) is 6.94. The van der Waals surface area contributed by atoms with Crippen LogP contribution in [0.15, 0.2) is 72.1 Å². The standard InChI is InChI=1S/C20H25FNO3P.C3H8N2.C3H6.2C2H6/c1-4-16(21)11-10-14(2)13-22-20(24)18-7-5-9-19(26)17(18)8-6-12-25-15(3)23;1-3(4)5-2;1-3-2;2*1-2/h4-5,7,9-11H,2,6,8,12-13,26H2,1,3H3,(H,22,24);1-2H3,(H2,4,5);3H,1H2,2H3;2*1-2H3/b11-10-,16-4+;;;;. The quantitative estimate of drug-likeness (QED) is 0.0685. The molecule has 0 aliphatic heterocycles. The summed E-state index contributed by atoms with van der Waals surface area (Å²) in [6.07, 6.45) is 7.17. The lowest BCUT2D eigenvalue weighted by molar-refractivity contribution is -0.141. The lowest BCUT2D eigenvalue weighted by Crippen LogP contribution is -2.27. The molecule has 0 radical (unpaired) electrons. The van der Waals surface area contributed by atoms with Gasteiger partial charge in [0.15, 0.2) is 0 Å². The maximum absolute atomic E-state index is 13.1. The van der Waals surface area contributed by atoms with Crippen molar-refractivity contribution in [3.63, 3.8) is 0 Å². The number of nitrogens with one attached hydrogen (secondary N) is 1. The SMILES string of the molecule is C=C(/C=C\C(F)=C/C)CNC(=O)c1cccc(P)c1CCCOC(C)=O.C=CC.CC.CC.CN=C(C)N. The lowest BCUT2D eigenvalue weighted by Gasteiger charge is -2.13. The number of carbonyl (C=O) groups is 2. The van der Waals surface area contributed by atoms with Gasteiger partial charge in [0.25, 0.3) is 5.91 Å². The van der Waals surface area contributed by atoms with E-state index in [4.69, 9.17) is 10.5 Å². The largest absolute Gasteiger partial charge is 0.466 e. The molecule has 1 rings (SSSR count). The van der Waals surface area contributed by atoms with Crippen molar-refractivity contribution >= 4 is 32.3 Å². The van der Waals surface area contributed by atoms with Crippen molar-refractivity contribution in [3.05, 3.63) is 78.2 Å². The Bertz CT molecular complexity index is 891. The summed E-state index contributed by atoms with van der Waals surface area (Å²) in [6, 6.07) is 5.47. The molecule has 8 heteroatoms. The minimum Gasteiger partial charge on any atom is -0.466 e. The van der Waals surface area contributed by atoms with E-state index < -0.39 is 0 Å². The molecule has 1 amide bonds. The predicted molar refractivity (Wildman–Crippen MR) is 168 cm³/mol. The molecule has 0 aliphatic rings. The first-order valence-corrected chi connectivity index (χ1v) is 13.3. The first-order chi connectivity index (χ1) is 18.0. The number of aliphatic imine (C=N–C) groups is 1. The molecule has 1 aromatic rings. The highest BCUT2D eigenvalue weighted by atomic mass is 31.0. The van der Waals surface area contributed by atoms with Crippen LogP contribution >= 0.6 is 9.24 Å². The number of halogens is 1. The number of rotatable bonds is 9. The van der Waals surface area contributed by atoms with Crippen LogP contribution in [0, 0.1) is 0 Å². The van der Waals surface area contributed by atoms with Crippen LogP contribution in [0.2, 0.25) is 0 Å². The van der Waals surface area contributed by atoms with Crippen LogP contribution in [0.5, 0.6) is 0 Å². The highest BCUT2D eigenvalue weighted by molar-refractivity contribution is 7.27. The molecule has 0 aliphatic carbocycles. The van der Waals surface area contributed by atoms with E-state index >= 15 is 0 Å². The zero-order valence-corrected chi connectivity index (χ0v) is 26.1. The van der Waals surface area contributed by atoms with Crippen molar-refractivity contribution in [2.75, 3.05) is 20.2 Å². The topological polar surface area (TPSA) is 93.8 Å². The van der Waals surface area contributed by atoms with Gasteiger partial charge in [0, 0.05) is 26.1 Å². The number of benzene rings is 1. The molecule has 0 saturated carbocycles. The molecule has 1 atom stereocenters. The van der Waals surface area contributed by atoms with E-state index in [2.05, 4.69) is 32.7 Å². The van der Waals surface area contributed by atoms with E-state index in [0.29, 0.717) is 36.4 Å². The molecule has 0 fully saturated rings. The van der Waals surface area contributed by atoms with Crippen molar-refractivity contribution in [2.24, 2.45) is 10.7 Å². The van der Waals surface area contributed by atoms with Crippen LogP contribution in [0.1, 0.15) is 77.7 Å². The zero-order chi connectivity index (χ0) is 30.5. The highest BCUT2D eigenvalue weighted by Gasteiger charge is 2.13. The van der Waals surface area contributed by atoms with Gasteiger partial charge in [-0.3, -0.25) is 14.6 Å². The number of amides is 1. The fourth-order valence-corrected chi connectivity index (χ4v) is 2.61. The van der Waals surface area contributed by atoms with Gasteiger partial charge >= 0.3 is 5.97 Å². The van der Waals surface area contributed by atoms with Crippen molar-refractivity contribution in [1.29, 1.82) is 0 Å². The van der Waals surface area contributed by atoms with Gasteiger partial charge in [-0.05, 0) is 62.2 Å². The summed E-state index contributed by atoms with van der Waals surface area (Å²) in [5.41, 5.74) is 7.09. The van der Waals surface area contributed by atoms with Gasteiger partial charge in [0.2, 0.25) is 0 Å². The number of hydrogen-bond acceptors (Lipinski definition) is 4. The molecule has 1 unspecified atom stereocenters. The van der Waals surface area contributed by atoms with Crippen LogP contribution in [-0.2, 0) is 16.0 Å². The summed E-state index contributed by atoms with van der Waals surface area (Å²) in [5, 5.41) is 3.72. The van der Waals surface area contributed by atoms with Crippen LogP contribution in [-0.4, -0.2) is 37.9 Å². The molecule has 0 bridgehead atoms. The van der Waals surface area contributed by atoms with Crippen molar-refractivity contribution in [1.82, 2.24) is 5.32 Å². The second kappa shape index (κ2) is 30.2. The lowest BCUT2D eigenvalue weighted by atomic mass is 10.0. The van der Waals surface area contributed by atoms with Gasteiger partial charge in [0.05, 0.1) is 12.4 Å². The fraction of sp³-hybridized carbons (Fsp3) is 0.433. The molecule has 216 valence electrons. The maximum Gasteiger partial charge on any atom is 0.302 e. The Labute approximate surface area is 233 Å². The number of nitrogens with zero attached hydrogens (tertiary/aromatic N) is 1. The molecule has 0 spiro atoms. The van der Waals surface area contributed by atoms with Gasteiger partial charge in [-0.25, -0.2) is 4.39 Å². The third-order valence-corrected chi connectivity index (χ3v) is 4.46. The monoisotopic (exact) mass is 551 g/mol. The van der Waals surface area contributed by atoms with E-state index in [9.17, 15) is 14.0 Å². The number of nitrogens with two attached hydrogens (primary N) is 1.